The quantitative estimate of drug-likeness (QED) is 0.0201. The second-order valence-electron chi connectivity index (χ2n) is 38.7. The minimum atomic E-state index is -0.717. The SMILES string of the molecule is C.C#CCOC1CCN(C(=O)OC(C)(C)C)CC1.Cn1c(=O)n(C2CCC(=O)NC2=O)c2ccc(Br)cc21.Cn1c(=O)n(C2CCC(=O)NC2=O)c2ccc(C#CCOC3CCN(C(=O)OC(C)(C)C)CC3)cc21.Cn1c(=O)n(C2CCC(=O)NC2=O)c2ccc(CCCOC3CCN(C(=O)OC(C)(C)C)CC3)cc21.Cn1c(=O)n(C2CCC(=O)NC2=O)c2ccc(CCCOC3CCNCC3)cc21.N.[3H]C. The van der Waals surface area contributed by atoms with Gasteiger partial charge in [0, 0.05) is 118 Å². The van der Waals surface area contributed by atoms with Gasteiger partial charge in [-0.25, -0.2) is 33.6 Å². The largest absolute Gasteiger partial charge is 0.444 e. The van der Waals surface area contributed by atoms with Gasteiger partial charge in [0.25, 0.3) is 0 Å². The predicted octanol–water partition coefficient (Wildman–Crippen LogP) is 10.3. The van der Waals surface area contributed by atoms with E-state index in [4.69, 9.17) is 41.0 Å². The molecule has 39 nitrogen and oxygen atoms in total. The van der Waals surface area contributed by atoms with Crippen LogP contribution in [0.4, 0.5) is 14.4 Å². The van der Waals surface area contributed by atoms with Crippen LogP contribution in [0.3, 0.4) is 0 Å². The average Bonchev–Trinajstić information content (AvgIpc) is 1.62. The molecule has 4 aromatic heterocycles. The van der Waals surface area contributed by atoms with Crippen LogP contribution in [-0.2, 0) is 113 Å². The molecule has 8 aromatic rings. The first-order valence-electron chi connectivity index (χ1n) is 48.4. The lowest BCUT2D eigenvalue weighted by molar-refractivity contribution is -0.137. The van der Waals surface area contributed by atoms with Crippen LogP contribution in [0.25, 0.3) is 44.1 Å². The van der Waals surface area contributed by atoms with E-state index in [0.29, 0.717) is 106 Å². The number of nitrogens with one attached hydrogen (secondary N) is 5. The summed E-state index contributed by atoms with van der Waals surface area (Å²) in [6.45, 7) is 24.5. The molecule has 141 heavy (non-hydrogen) atoms. The summed E-state index contributed by atoms with van der Waals surface area (Å²) >= 11 is 3.37. The molecule has 768 valence electrons. The first kappa shape index (κ1) is 111. The topological polar surface area (TPSA) is 465 Å². The summed E-state index contributed by atoms with van der Waals surface area (Å²) in [7, 11) is 7.98. The molecular weight excluding hydrogens is 1880 g/mol. The number of hydrogen-bond acceptors (Lipinski definition) is 24. The van der Waals surface area contributed by atoms with E-state index in [-0.39, 0.29) is 129 Å². The third-order valence-corrected chi connectivity index (χ3v) is 25.5. The van der Waals surface area contributed by atoms with E-state index in [9.17, 15) is 71.9 Å². The molecule has 0 spiro atoms. The number of rotatable bonds is 18. The van der Waals surface area contributed by atoms with Gasteiger partial charge in [0.05, 0.1) is 68.5 Å². The molecule has 4 atom stereocenters. The molecule has 0 saturated carbocycles. The van der Waals surface area contributed by atoms with Crippen molar-refractivity contribution in [2.24, 2.45) is 28.2 Å². The Hall–Kier alpha value is -12.3. The second-order valence-corrected chi connectivity index (χ2v) is 39.6. The minimum absolute atomic E-state index is 0. The number of imide groups is 4. The Balaban J connectivity index is 0.000000201. The molecule has 16 rings (SSSR count). The zero-order chi connectivity index (χ0) is 102. The zero-order valence-electron chi connectivity index (χ0n) is 83.7. The number of halogens is 1. The number of piperidine rings is 8. The summed E-state index contributed by atoms with van der Waals surface area (Å²) in [5.74, 6) is 5.63. The lowest BCUT2D eigenvalue weighted by atomic mass is 10.1. The molecule has 4 unspecified atom stereocenters. The molecule has 12 heterocycles. The number of carbonyl (C=O) groups is 11. The molecule has 0 bridgehead atoms. The molecule has 0 aliphatic carbocycles. The van der Waals surface area contributed by atoms with E-state index in [1.165, 1.54) is 34.8 Å². The van der Waals surface area contributed by atoms with Crippen molar-refractivity contribution >= 4 is 126 Å². The fraction of sp³-hybridized carbons (Fsp3) is 0.574. The molecule has 8 aliphatic rings. The number of hydrogen-bond donors (Lipinski definition) is 6. The fourth-order valence-electron chi connectivity index (χ4n) is 17.9. The summed E-state index contributed by atoms with van der Waals surface area (Å²) in [6, 6.07) is 19.9. The number of likely N-dealkylation sites (tertiary alicyclic amines) is 3. The van der Waals surface area contributed by atoms with Crippen LogP contribution in [-0.4, -0.2) is 237 Å². The normalized spacial score (nSPS) is 19.1. The monoisotopic (exact) mass is 2020 g/mol. The third-order valence-electron chi connectivity index (χ3n) is 25.1. The van der Waals surface area contributed by atoms with Crippen LogP contribution in [0.5, 0.6) is 0 Å². The summed E-state index contributed by atoms with van der Waals surface area (Å²) in [5, 5.41) is 12.6. The Labute approximate surface area is 830 Å². The van der Waals surface area contributed by atoms with Crippen LogP contribution >= 0.6 is 15.9 Å². The van der Waals surface area contributed by atoms with Crippen molar-refractivity contribution in [1.29, 1.82) is 0 Å². The second kappa shape index (κ2) is 49.9. The Kier molecular flexibility index (Phi) is 39.2. The Morgan fingerprint density at radius 3 is 1.01 bits per heavy atom. The van der Waals surface area contributed by atoms with Gasteiger partial charge in [0.1, 0.15) is 54.2 Å². The summed E-state index contributed by atoms with van der Waals surface area (Å²) in [4.78, 5) is 187. The molecule has 40 heteroatoms. The highest BCUT2D eigenvalue weighted by atomic mass is 79.9. The van der Waals surface area contributed by atoms with E-state index >= 15 is 0 Å². The summed E-state index contributed by atoms with van der Waals surface area (Å²) in [6.07, 6.45) is 17.5. The van der Waals surface area contributed by atoms with Crippen LogP contribution in [0, 0.1) is 24.2 Å². The lowest BCUT2D eigenvalue weighted by Gasteiger charge is -2.33. The van der Waals surface area contributed by atoms with Gasteiger partial charge >= 0.3 is 41.0 Å². The van der Waals surface area contributed by atoms with Gasteiger partial charge in [-0.1, -0.05) is 60.7 Å². The lowest BCUT2D eigenvalue weighted by Crippen LogP contribution is -2.44. The van der Waals surface area contributed by atoms with Gasteiger partial charge < -0.3 is 59.3 Å². The summed E-state index contributed by atoms with van der Waals surface area (Å²) in [5.41, 5.74) is 6.13. The smallest absolute Gasteiger partial charge is 0.410 e. The van der Waals surface area contributed by atoms with Crippen LogP contribution in [0.15, 0.2) is 96.4 Å². The molecular formula is C101H140BrN17O22. The molecule has 8 fully saturated rings. The minimum Gasteiger partial charge on any atom is -0.444 e. The highest BCUT2D eigenvalue weighted by Crippen LogP contribution is 2.32. The maximum atomic E-state index is 12.9. The summed E-state index contributed by atoms with van der Waals surface area (Å²) < 4.78 is 58.2. The number of terminal acetylenes is 1. The Morgan fingerprint density at radius 2 is 0.688 bits per heavy atom. The predicted molar refractivity (Wildman–Crippen MR) is 535 cm³/mol. The highest BCUT2D eigenvalue weighted by Gasteiger charge is 2.38. The van der Waals surface area contributed by atoms with E-state index in [2.05, 4.69) is 60.3 Å². The average molecular weight is 2030 g/mol. The van der Waals surface area contributed by atoms with Crippen molar-refractivity contribution in [2.75, 3.05) is 78.8 Å². The molecule has 8 N–H and O–H groups in total. The van der Waals surface area contributed by atoms with Crippen LogP contribution < -0.4 is 55.5 Å². The number of imidazole rings is 4. The van der Waals surface area contributed by atoms with Crippen LogP contribution in [0.2, 0.25) is 0 Å². The Morgan fingerprint density at radius 1 is 0.397 bits per heavy atom. The number of ether oxygens (including phenoxy) is 7. The highest BCUT2D eigenvalue weighted by molar-refractivity contribution is 9.10. The molecule has 4 aromatic carbocycles. The van der Waals surface area contributed by atoms with Crippen molar-refractivity contribution < 1.29 is 87.3 Å². The molecule has 8 aliphatic heterocycles. The third kappa shape index (κ3) is 29.5. The van der Waals surface area contributed by atoms with Crippen molar-refractivity contribution in [2.45, 2.75) is 271 Å². The van der Waals surface area contributed by atoms with Crippen molar-refractivity contribution in [3.63, 3.8) is 0 Å². The number of fused-ring (bicyclic) bond motifs is 4. The van der Waals surface area contributed by atoms with E-state index in [0.717, 1.165) is 140 Å². The van der Waals surface area contributed by atoms with Gasteiger partial charge in [0.15, 0.2) is 0 Å². The fourth-order valence-corrected chi connectivity index (χ4v) is 18.2. The maximum absolute atomic E-state index is 12.9. The standard InChI is InChI=1S/C26H36N4O6.C26H32N4O6.C21H28N4O4.C13H12BrN3O3.C13H21NO3.2CH4.H3N/c2*1-26(2,3)36-25(34)29-13-11-18(12-14-29)35-15-5-6-17-7-8-19-21(16-17)28(4)24(33)30(19)20-9-10-22(31)27-23(20)32;1-24-18-13-14(3-2-12-29-15-8-10-22-11-9-15)4-5-16(18)25(21(24)28)17-6-7-19(26)23-20(17)27;1-16-10-6-7(14)2-3-8(10)17(13(16)20)9-4-5-11(18)15-12(9)19;1-5-10-16-11-6-8-14(9-7-11)12(15)17-13(2,3)4;;;/h7-8,16,18,20H,5-6,9-15H2,1-4H3,(H,27,31,32);7-8,16,18,20H,9-15H2,1-4H3,(H,27,31,32);4-5,13,15,17,22H,2-3,6-12H2,1H3,(H,23,26,27);2-3,6,9H,4-5H2,1H3,(H,15,18,19);1,11H,6-10H2,2-4H3;2*1H4;1H3/i;;;;;1T;;. The molecule has 8 saturated heterocycles. The first-order chi connectivity index (χ1) is 66.5. The zero-order valence-corrected chi connectivity index (χ0v) is 84.3. The van der Waals surface area contributed by atoms with E-state index in [1.807, 2.05) is 117 Å². The molecule has 0 radical (unpaired) electrons. The first-order valence-corrected chi connectivity index (χ1v) is 48.2. The van der Waals surface area contributed by atoms with Gasteiger partial charge in [-0.05, 0) is 250 Å². The van der Waals surface area contributed by atoms with Crippen molar-refractivity contribution in [3.05, 3.63) is 136 Å². The maximum Gasteiger partial charge on any atom is 0.410 e. The van der Waals surface area contributed by atoms with Gasteiger partial charge in [-0.2, -0.15) is 0 Å². The number of aromatic nitrogens is 8. The number of aryl methyl sites for hydroxylation is 6. The Bertz CT molecular complexity index is 6230. The van der Waals surface area contributed by atoms with Crippen molar-refractivity contribution in [3.8, 4) is 24.2 Å². The number of nitrogens with zero attached hydrogens (tertiary/aromatic N) is 11. The number of benzene rings is 4. The van der Waals surface area contributed by atoms with Gasteiger partial charge in [-0.3, -0.25) is 96.2 Å². The van der Waals surface area contributed by atoms with E-state index < -0.39 is 64.6 Å². The van der Waals surface area contributed by atoms with Gasteiger partial charge in [0.2, 0.25) is 47.3 Å². The van der Waals surface area contributed by atoms with Crippen molar-refractivity contribution in [1.82, 2.24) is 84.0 Å². The van der Waals surface area contributed by atoms with Gasteiger partial charge in [-0.15, -0.1) is 6.42 Å². The van der Waals surface area contributed by atoms with E-state index in [1.54, 1.807) is 70.2 Å². The number of amides is 11. The molecule has 11 amide bonds. The number of carbonyl (C=O) groups excluding carboxylic acids is 11. The van der Waals surface area contributed by atoms with Crippen LogP contribution in [0.1, 0.15) is 235 Å².